The molecule has 2 heterocycles. The molecule has 2 rings (SSSR count). The van der Waals surface area contributed by atoms with Crippen molar-refractivity contribution < 1.29 is 0 Å². The molecular formula is C11H17BrN2S2. The van der Waals surface area contributed by atoms with Crippen LogP contribution in [0.5, 0.6) is 0 Å². The van der Waals surface area contributed by atoms with Crippen molar-refractivity contribution in [1.82, 2.24) is 10.2 Å². The highest BCUT2D eigenvalue weighted by atomic mass is 79.9. The first-order chi connectivity index (χ1) is 7.84. The lowest BCUT2D eigenvalue weighted by Gasteiger charge is -2.25. The van der Waals surface area contributed by atoms with Crippen LogP contribution in [0.25, 0.3) is 0 Å². The van der Waals surface area contributed by atoms with Gasteiger partial charge in [0.1, 0.15) is 0 Å². The van der Waals surface area contributed by atoms with E-state index >= 15 is 0 Å². The number of hydrogen-bond donors (Lipinski definition) is 1. The zero-order valence-corrected chi connectivity index (χ0v) is 12.5. The fourth-order valence-electron chi connectivity index (χ4n) is 1.72. The van der Waals surface area contributed by atoms with Gasteiger partial charge in [0.15, 0.2) is 0 Å². The van der Waals surface area contributed by atoms with Gasteiger partial charge in [-0.3, -0.25) is 0 Å². The minimum atomic E-state index is 0.999. The lowest BCUT2D eigenvalue weighted by Crippen LogP contribution is -2.37. The maximum absolute atomic E-state index is 3.50. The zero-order chi connectivity index (χ0) is 11.2. The van der Waals surface area contributed by atoms with Gasteiger partial charge in [-0.2, -0.15) is 11.8 Å². The largest absolute Gasteiger partial charge is 0.311 e. The topological polar surface area (TPSA) is 15.3 Å². The van der Waals surface area contributed by atoms with Crippen molar-refractivity contribution in [2.75, 3.05) is 37.7 Å². The summed E-state index contributed by atoms with van der Waals surface area (Å²) in [6.07, 6.45) is 0. The summed E-state index contributed by atoms with van der Waals surface area (Å²) in [5.74, 6) is 2.61. The molecule has 0 atom stereocenters. The Morgan fingerprint density at radius 3 is 2.81 bits per heavy atom. The van der Waals surface area contributed by atoms with Gasteiger partial charge in [-0.1, -0.05) is 0 Å². The molecular weight excluding hydrogens is 304 g/mol. The number of hydrogen-bond acceptors (Lipinski definition) is 4. The molecule has 0 bridgehead atoms. The van der Waals surface area contributed by atoms with E-state index in [0.717, 1.165) is 13.1 Å². The fourth-order valence-corrected chi connectivity index (χ4v) is 4.15. The van der Waals surface area contributed by atoms with Crippen molar-refractivity contribution in [3.63, 3.8) is 0 Å². The summed E-state index contributed by atoms with van der Waals surface area (Å²) >= 11 is 7.37. The van der Waals surface area contributed by atoms with Gasteiger partial charge in [0.2, 0.25) is 0 Å². The van der Waals surface area contributed by atoms with Crippen LogP contribution in [-0.2, 0) is 6.54 Å². The maximum atomic E-state index is 3.50. The predicted octanol–water partition coefficient (Wildman–Crippen LogP) is 2.65. The van der Waals surface area contributed by atoms with E-state index in [-0.39, 0.29) is 0 Å². The fraction of sp³-hybridized carbons (Fsp3) is 0.636. The minimum Gasteiger partial charge on any atom is -0.311 e. The molecule has 1 fully saturated rings. The standard InChI is InChI=1S/C11H17BrN2S2/c12-11-2-1-10(16-11)9-13-3-4-14-5-7-15-8-6-14/h1-2,13H,3-9H2. The molecule has 1 aromatic heterocycles. The van der Waals surface area contributed by atoms with Crippen LogP contribution in [0, 0.1) is 0 Å². The summed E-state index contributed by atoms with van der Waals surface area (Å²) in [6.45, 7) is 5.81. The lowest BCUT2D eigenvalue weighted by molar-refractivity contribution is 0.301. The molecule has 1 N–H and O–H groups in total. The Morgan fingerprint density at radius 2 is 2.12 bits per heavy atom. The normalized spacial score (nSPS) is 17.8. The molecule has 1 aliphatic rings. The van der Waals surface area contributed by atoms with Gasteiger partial charge in [0.25, 0.3) is 0 Å². The monoisotopic (exact) mass is 320 g/mol. The van der Waals surface area contributed by atoms with Gasteiger partial charge in [0.05, 0.1) is 3.79 Å². The molecule has 2 nitrogen and oxygen atoms in total. The molecule has 1 aliphatic heterocycles. The highest BCUT2D eigenvalue weighted by Crippen LogP contribution is 2.21. The van der Waals surface area contributed by atoms with Crippen LogP contribution in [0.3, 0.4) is 0 Å². The summed E-state index contributed by atoms with van der Waals surface area (Å²) in [6, 6.07) is 4.29. The first kappa shape index (κ1) is 12.9. The summed E-state index contributed by atoms with van der Waals surface area (Å²) in [7, 11) is 0. The zero-order valence-electron chi connectivity index (χ0n) is 9.25. The Morgan fingerprint density at radius 1 is 1.31 bits per heavy atom. The summed E-state index contributed by atoms with van der Waals surface area (Å²) < 4.78 is 1.22. The van der Waals surface area contributed by atoms with E-state index in [4.69, 9.17) is 0 Å². The van der Waals surface area contributed by atoms with E-state index in [1.54, 1.807) is 0 Å². The van der Waals surface area contributed by atoms with Crippen molar-refractivity contribution in [3.05, 3.63) is 20.8 Å². The molecule has 0 aromatic carbocycles. The molecule has 0 aliphatic carbocycles. The van der Waals surface area contributed by atoms with Crippen LogP contribution in [0.15, 0.2) is 15.9 Å². The number of rotatable bonds is 5. The van der Waals surface area contributed by atoms with Gasteiger partial charge in [-0.25, -0.2) is 0 Å². The van der Waals surface area contributed by atoms with E-state index in [2.05, 4.69) is 50.0 Å². The third-order valence-corrected chi connectivity index (χ3v) is 5.20. The van der Waals surface area contributed by atoms with Gasteiger partial charge < -0.3 is 10.2 Å². The van der Waals surface area contributed by atoms with Crippen molar-refractivity contribution in [2.24, 2.45) is 0 Å². The molecule has 90 valence electrons. The van der Waals surface area contributed by atoms with E-state index in [1.807, 2.05) is 11.3 Å². The number of halogens is 1. The molecule has 0 amide bonds. The van der Waals surface area contributed by atoms with Crippen LogP contribution in [-0.4, -0.2) is 42.6 Å². The van der Waals surface area contributed by atoms with E-state index in [0.29, 0.717) is 0 Å². The van der Waals surface area contributed by atoms with Crippen LogP contribution in [0.4, 0.5) is 0 Å². The van der Waals surface area contributed by atoms with E-state index in [9.17, 15) is 0 Å². The quantitative estimate of drug-likeness (QED) is 0.840. The van der Waals surface area contributed by atoms with Crippen molar-refractivity contribution in [3.8, 4) is 0 Å². The SMILES string of the molecule is Brc1ccc(CNCCN2CCSCC2)s1. The van der Waals surface area contributed by atoms with E-state index in [1.165, 1.54) is 39.8 Å². The molecule has 0 unspecified atom stereocenters. The third kappa shape index (κ3) is 4.37. The smallest absolute Gasteiger partial charge is 0.0701 e. The Labute approximate surface area is 114 Å². The number of thioether (sulfide) groups is 1. The Hall–Kier alpha value is 0.450. The molecule has 0 saturated carbocycles. The molecule has 0 spiro atoms. The first-order valence-corrected chi connectivity index (χ1v) is 8.36. The second-order valence-corrected chi connectivity index (χ2v) is 7.61. The average Bonchev–Trinajstić information content (AvgIpc) is 2.72. The Kier molecular flexibility index (Phi) is 5.65. The second kappa shape index (κ2) is 7.01. The van der Waals surface area contributed by atoms with Crippen LogP contribution in [0.2, 0.25) is 0 Å². The minimum absolute atomic E-state index is 0.999. The summed E-state index contributed by atoms with van der Waals surface area (Å²) in [5, 5.41) is 3.50. The van der Waals surface area contributed by atoms with Gasteiger partial charge in [-0.05, 0) is 28.1 Å². The molecule has 5 heteroatoms. The van der Waals surface area contributed by atoms with Crippen LogP contribution in [0.1, 0.15) is 4.88 Å². The van der Waals surface area contributed by atoms with Crippen molar-refractivity contribution >= 4 is 39.0 Å². The van der Waals surface area contributed by atoms with E-state index < -0.39 is 0 Å². The molecule has 16 heavy (non-hydrogen) atoms. The summed E-state index contributed by atoms with van der Waals surface area (Å²) in [4.78, 5) is 3.95. The third-order valence-electron chi connectivity index (χ3n) is 2.64. The summed E-state index contributed by atoms with van der Waals surface area (Å²) in [5.41, 5.74) is 0. The Balaban J connectivity index is 1.57. The van der Waals surface area contributed by atoms with Crippen LogP contribution >= 0.6 is 39.0 Å². The van der Waals surface area contributed by atoms with Crippen molar-refractivity contribution in [1.29, 1.82) is 0 Å². The lowest BCUT2D eigenvalue weighted by atomic mass is 10.4. The maximum Gasteiger partial charge on any atom is 0.0701 e. The van der Waals surface area contributed by atoms with Crippen LogP contribution < -0.4 is 5.32 Å². The number of nitrogens with zero attached hydrogens (tertiary/aromatic N) is 1. The highest BCUT2D eigenvalue weighted by molar-refractivity contribution is 9.11. The highest BCUT2D eigenvalue weighted by Gasteiger charge is 2.08. The average molecular weight is 321 g/mol. The molecule has 1 aromatic rings. The second-order valence-electron chi connectivity index (χ2n) is 3.84. The molecule has 1 saturated heterocycles. The van der Waals surface area contributed by atoms with Gasteiger partial charge in [0, 0.05) is 49.1 Å². The Bertz CT molecular complexity index is 311. The number of thiophene rings is 1. The molecule has 0 radical (unpaired) electrons. The predicted molar refractivity (Wildman–Crippen MR) is 77.5 cm³/mol. The van der Waals surface area contributed by atoms with Gasteiger partial charge >= 0.3 is 0 Å². The number of nitrogens with one attached hydrogen (secondary N) is 1. The van der Waals surface area contributed by atoms with Gasteiger partial charge in [-0.15, -0.1) is 11.3 Å². The first-order valence-electron chi connectivity index (χ1n) is 5.59. The van der Waals surface area contributed by atoms with Crippen molar-refractivity contribution in [2.45, 2.75) is 6.54 Å².